The fourth-order valence-corrected chi connectivity index (χ4v) is 3.56. The molecule has 3 nitrogen and oxygen atoms in total. The highest BCUT2D eigenvalue weighted by atomic mass is 79.9. The van der Waals surface area contributed by atoms with Crippen molar-refractivity contribution in [1.29, 1.82) is 0 Å². The molecule has 0 saturated carbocycles. The van der Waals surface area contributed by atoms with E-state index < -0.39 is 0 Å². The van der Waals surface area contributed by atoms with Gasteiger partial charge in [-0.1, -0.05) is 40.2 Å². The molecule has 0 amide bonds. The maximum absolute atomic E-state index is 5.91. The summed E-state index contributed by atoms with van der Waals surface area (Å²) in [6.07, 6.45) is 2.14. The van der Waals surface area contributed by atoms with Gasteiger partial charge in [0.05, 0.1) is 12.6 Å². The summed E-state index contributed by atoms with van der Waals surface area (Å²) < 4.78 is 6.97. The molecule has 0 spiro atoms. The van der Waals surface area contributed by atoms with Crippen molar-refractivity contribution in [1.82, 2.24) is 5.43 Å². The Labute approximate surface area is 133 Å². The first kappa shape index (κ1) is 14.6. The number of nitrogens with one attached hydrogen (secondary N) is 1. The van der Waals surface area contributed by atoms with Crippen LogP contribution in [0.1, 0.15) is 34.7 Å². The van der Waals surface area contributed by atoms with Crippen molar-refractivity contribution in [2.24, 2.45) is 5.84 Å². The molecule has 0 radical (unpaired) electrons. The molecular formula is C17H19BrN2O. The molecule has 110 valence electrons. The summed E-state index contributed by atoms with van der Waals surface area (Å²) in [5.74, 6) is 6.84. The van der Waals surface area contributed by atoms with Crippen LogP contribution in [-0.4, -0.2) is 6.61 Å². The quantitative estimate of drug-likeness (QED) is 0.658. The van der Waals surface area contributed by atoms with Crippen LogP contribution < -0.4 is 16.0 Å². The minimum atomic E-state index is -0.0748. The van der Waals surface area contributed by atoms with E-state index in [-0.39, 0.29) is 6.04 Å². The lowest BCUT2D eigenvalue weighted by molar-refractivity contribution is 0.283. The molecule has 0 aliphatic carbocycles. The van der Waals surface area contributed by atoms with Gasteiger partial charge in [0.1, 0.15) is 5.75 Å². The smallest absolute Gasteiger partial charge is 0.127 e. The van der Waals surface area contributed by atoms with Gasteiger partial charge in [0.2, 0.25) is 0 Å². The Bertz CT molecular complexity index is 637. The van der Waals surface area contributed by atoms with Gasteiger partial charge in [-0.25, -0.2) is 5.43 Å². The van der Waals surface area contributed by atoms with Crippen molar-refractivity contribution in [3.05, 3.63) is 63.1 Å². The van der Waals surface area contributed by atoms with Gasteiger partial charge in [-0.3, -0.25) is 5.84 Å². The van der Waals surface area contributed by atoms with Crippen LogP contribution in [0.4, 0.5) is 0 Å². The number of hydrazine groups is 1. The third kappa shape index (κ3) is 2.98. The second-order valence-corrected chi connectivity index (χ2v) is 6.36. The Balaban J connectivity index is 2.08. The van der Waals surface area contributed by atoms with E-state index in [1.165, 1.54) is 11.1 Å². The highest BCUT2D eigenvalue weighted by Crippen LogP contribution is 2.36. The maximum Gasteiger partial charge on any atom is 0.127 e. The molecule has 3 rings (SSSR count). The summed E-state index contributed by atoms with van der Waals surface area (Å²) in [5, 5.41) is 0. The summed E-state index contributed by atoms with van der Waals surface area (Å²) in [4.78, 5) is 0. The van der Waals surface area contributed by atoms with E-state index in [1.807, 2.05) is 0 Å². The van der Waals surface area contributed by atoms with Gasteiger partial charge in [-0.05, 0) is 48.6 Å². The summed E-state index contributed by atoms with van der Waals surface area (Å²) in [7, 11) is 0. The number of fused-ring (bicyclic) bond motifs is 1. The Hall–Kier alpha value is -1.36. The molecular weight excluding hydrogens is 328 g/mol. The van der Waals surface area contributed by atoms with Crippen molar-refractivity contribution in [2.45, 2.75) is 25.8 Å². The predicted molar refractivity (Wildman–Crippen MR) is 88.3 cm³/mol. The third-order valence-electron chi connectivity index (χ3n) is 3.84. The van der Waals surface area contributed by atoms with Gasteiger partial charge in [0.25, 0.3) is 0 Å². The van der Waals surface area contributed by atoms with Gasteiger partial charge in [0.15, 0.2) is 0 Å². The van der Waals surface area contributed by atoms with Gasteiger partial charge < -0.3 is 4.74 Å². The van der Waals surface area contributed by atoms with Gasteiger partial charge in [-0.15, -0.1) is 0 Å². The van der Waals surface area contributed by atoms with Crippen LogP contribution in [0.3, 0.4) is 0 Å². The summed E-state index contributed by atoms with van der Waals surface area (Å²) in [6.45, 7) is 2.86. The number of para-hydroxylation sites is 1. The van der Waals surface area contributed by atoms with Crippen LogP contribution in [0.2, 0.25) is 0 Å². The number of benzene rings is 2. The molecule has 1 aliphatic heterocycles. The van der Waals surface area contributed by atoms with E-state index in [0.29, 0.717) is 0 Å². The standard InChI is InChI=1S/C17H19BrN2O/c1-11-8-13(10-14(18)9-11)16(20-19)15-6-2-4-12-5-3-7-21-17(12)15/h2,4,6,8-10,16,20H,3,5,7,19H2,1H3. The highest BCUT2D eigenvalue weighted by Gasteiger charge is 2.22. The van der Waals surface area contributed by atoms with Gasteiger partial charge in [0, 0.05) is 10.0 Å². The number of hydrogen-bond acceptors (Lipinski definition) is 3. The van der Waals surface area contributed by atoms with Crippen LogP contribution in [0, 0.1) is 6.92 Å². The molecule has 0 fully saturated rings. The molecule has 1 aliphatic rings. The van der Waals surface area contributed by atoms with Crippen molar-refractivity contribution in [2.75, 3.05) is 6.61 Å². The second-order valence-electron chi connectivity index (χ2n) is 5.45. The molecule has 0 bridgehead atoms. The molecule has 4 heteroatoms. The summed E-state index contributed by atoms with van der Waals surface area (Å²) in [6, 6.07) is 12.6. The normalized spacial score (nSPS) is 15.2. The lowest BCUT2D eigenvalue weighted by atomic mass is 9.93. The van der Waals surface area contributed by atoms with E-state index in [2.05, 4.69) is 64.7 Å². The first-order chi connectivity index (χ1) is 10.2. The lowest BCUT2D eigenvalue weighted by Gasteiger charge is -2.25. The van der Waals surface area contributed by atoms with Crippen LogP contribution in [0.15, 0.2) is 40.9 Å². The monoisotopic (exact) mass is 346 g/mol. The predicted octanol–water partition coefficient (Wildman–Crippen LogP) is 3.64. The second kappa shape index (κ2) is 6.18. The summed E-state index contributed by atoms with van der Waals surface area (Å²) in [5.41, 5.74) is 7.64. The first-order valence-electron chi connectivity index (χ1n) is 7.17. The van der Waals surface area contributed by atoms with Crippen molar-refractivity contribution in [3.8, 4) is 5.75 Å². The largest absolute Gasteiger partial charge is 0.493 e. The Morgan fingerprint density at radius 3 is 2.90 bits per heavy atom. The van der Waals surface area contributed by atoms with Gasteiger partial charge >= 0.3 is 0 Å². The zero-order chi connectivity index (χ0) is 14.8. The van der Waals surface area contributed by atoms with Crippen LogP contribution in [-0.2, 0) is 6.42 Å². The van der Waals surface area contributed by atoms with Crippen molar-refractivity contribution in [3.63, 3.8) is 0 Å². The van der Waals surface area contributed by atoms with Crippen molar-refractivity contribution >= 4 is 15.9 Å². The summed E-state index contributed by atoms with van der Waals surface area (Å²) >= 11 is 3.56. The number of nitrogens with two attached hydrogens (primary N) is 1. The number of hydrogen-bond donors (Lipinski definition) is 2. The van der Waals surface area contributed by atoms with E-state index in [1.54, 1.807) is 0 Å². The van der Waals surface area contributed by atoms with E-state index in [0.717, 1.165) is 40.8 Å². The molecule has 3 N–H and O–H groups in total. The molecule has 0 aromatic heterocycles. The number of ether oxygens (including phenoxy) is 1. The average Bonchev–Trinajstić information content (AvgIpc) is 2.47. The highest BCUT2D eigenvalue weighted by molar-refractivity contribution is 9.10. The molecule has 1 unspecified atom stereocenters. The van der Waals surface area contributed by atoms with Crippen LogP contribution in [0.5, 0.6) is 5.75 Å². The number of halogens is 1. The van der Waals surface area contributed by atoms with Crippen LogP contribution in [0.25, 0.3) is 0 Å². The van der Waals surface area contributed by atoms with E-state index in [9.17, 15) is 0 Å². The fourth-order valence-electron chi connectivity index (χ4n) is 2.94. The van der Waals surface area contributed by atoms with Crippen molar-refractivity contribution < 1.29 is 4.74 Å². The molecule has 21 heavy (non-hydrogen) atoms. The zero-order valence-electron chi connectivity index (χ0n) is 12.0. The first-order valence-corrected chi connectivity index (χ1v) is 7.96. The topological polar surface area (TPSA) is 47.3 Å². The fraction of sp³-hybridized carbons (Fsp3) is 0.294. The lowest BCUT2D eigenvalue weighted by Crippen LogP contribution is -2.30. The zero-order valence-corrected chi connectivity index (χ0v) is 13.6. The Kier molecular flexibility index (Phi) is 4.29. The molecule has 0 saturated heterocycles. The number of aryl methyl sites for hydroxylation is 2. The molecule has 2 aromatic carbocycles. The molecule has 1 atom stereocenters. The van der Waals surface area contributed by atoms with Gasteiger partial charge in [-0.2, -0.15) is 0 Å². The number of rotatable bonds is 3. The van der Waals surface area contributed by atoms with Crippen LogP contribution >= 0.6 is 15.9 Å². The minimum absolute atomic E-state index is 0.0748. The maximum atomic E-state index is 5.91. The Morgan fingerprint density at radius 1 is 1.29 bits per heavy atom. The third-order valence-corrected chi connectivity index (χ3v) is 4.30. The van der Waals surface area contributed by atoms with E-state index in [4.69, 9.17) is 10.6 Å². The Morgan fingerprint density at radius 2 is 2.14 bits per heavy atom. The molecule has 2 aromatic rings. The minimum Gasteiger partial charge on any atom is -0.493 e. The molecule has 1 heterocycles. The van der Waals surface area contributed by atoms with E-state index >= 15 is 0 Å². The average molecular weight is 347 g/mol. The SMILES string of the molecule is Cc1cc(Br)cc(C(NN)c2cccc3c2OCCC3)c1.